The molecular formula is C20H20N4O3S3. The minimum atomic E-state index is -0.381. The summed E-state index contributed by atoms with van der Waals surface area (Å²) in [6.45, 7) is 5.04. The third-order valence-electron chi connectivity index (χ3n) is 4.98. The van der Waals surface area contributed by atoms with Crippen LogP contribution in [0.5, 0.6) is 5.75 Å². The van der Waals surface area contributed by atoms with Crippen molar-refractivity contribution in [2.75, 3.05) is 18.6 Å². The number of aromatic nitrogens is 1. The second-order valence-corrected chi connectivity index (χ2v) is 9.19. The van der Waals surface area contributed by atoms with Crippen molar-refractivity contribution >= 4 is 67.9 Å². The van der Waals surface area contributed by atoms with Crippen LogP contribution in [0.2, 0.25) is 0 Å². The summed E-state index contributed by atoms with van der Waals surface area (Å²) < 4.78 is 8.38. The van der Waals surface area contributed by atoms with Gasteiger partial charge in [-0.15, -0.1) is 11.3 Å². The molecule has 7 nitrogen and oxygen atoms in total. The normalized spacial score (nSPS) is 19.6. The van der Waals surface area contributed by atoms with E-state index in [2.05, 4.69) is 4.90 Å². The van der Waals surface area contributed by atoms with Crippen molar-refractivity contribution in [2.45, 2.75) is 20.4 Å². The van der Waals surface area contributed by atoms with Crippen LogP contribution in [0.3, 0.4) is 0 Å². The van der Waals surface area contributed by atoms with Crippen molar-refractivity contribution in [2.24, 2.45) is 5.84 Å². The number of thioether (sulfide) groups is 1. The number of thiazole rings is 1. The Morgan fingerprint density at radius 2 is 1.93 bits per heavy atom. The third-order valence-corrected chi connectivity index (χ3v) is 7.70. The second kappa shape index (κ2) is 8.03. The molecular weight excluding hydrogens is 440 g/mol. The molecule has 2 N–H and O–H groups in total. The molecule has 0 aliphatic carbocycles. The molecule has 1 fully saturated rings. The van der Waals surface area contributed by atoms with Crippen molar-refractivity contribution in [3.05, 3.63) is 49.4 Å². The Morgan fingerprint density at radius 1 is 1.17 bits per heavy atom. The molecule has 10 heteroatoms. The Bertz CT molecular complexity index is 1280. The van der Waals surface area contributed by atoms with Crippen LogP contribution in [0.25, 0.3) is 16.7 Å². The standard InChI is InChI=1S/C20H20N4O3S3/c1-4-22-13-9-7-12(27-3)10-11(13)6-8-14(22)15-17(25)23(5-2)19(29-15)16-18(26)24(21)20(28)30-16/h6-10H,4-5,21H2,1-3H3. The first kappa shape index (κ1) is 20.9. The third kappa shape index (κ3) is 3.20. The topological polar surface area (TPSA) is 80.8 Å². The van der Waals surface area contributed by atoms with Gasteiger partial charge in [0.05, 0.1) is 12.8 Å². The molecule has 1 aromatic carbocycles. The number of hydrogen-bond acceptors (Lipinski definition) is 8. The molecule has 0 unspecified atom stereocenters. The maximum Gasteiger partial charge on any atom is 0.283 e. The Morgan fingerprint density at radius 3 is 2.53 bits per heavy atom. The number of hydrazine groups is 1. The fourth-order valence-electron chi connectivity index (χ4n) is 3.50. The van der Waals surface area contributed by atoms with E-state index in [1.165, 1.54) is 11.3 Å². The lowest BCUT2D eigenvalue weighted by atomic mass is 10.1. The molecule has 2 aromatic rings. The number of nitrogens with two attached hydrogens (primary N) is 1. The number of thiocarbonyl (C=S) groups is 1. The van der Waals surface area contributed by atoms with Gasteiger partial charge in [-0.05, 0) is 49.9 Å². The number of benzene rings is 1. The van der Waals surface area contributed by atoms with Crippen LogP contribution < -0.4 is 30.2 Å². The summed E-state index contributed by atoms with van der Waals surface area (Å²) in [7, 11) is 1.64. The van der Waals surface area contributed by atoms with Gasteiger partial charge in [0.15, 0.2) is 4.32 Å². The number of carbonyl (C=O) groups is 1. The van der Waals surface area contributed by atoms with Crippen molar-refractivity contribution in [1.82, 2.24) is 9.58 Å². The van der Waals surface area contributed by atoms with Gasteiger partial charge in [-0.25, -0.2) is 10.9 Å². The molecule has 2 aliphatic heterocycles. The lowest BCUT2D eigenvalue weighted by Crippen LogP contribution is -2.37. The van der Waals surface area contributed by atoms with Gasteiger partial charge >= 0.3 is 0 Å². The van der Waals surface area contributed by atoms with Crippen LogP contribution in [0.15, 0.2) is 29.1 Å². The van der Waals surface area contributed by atoms with Crippen LogP contribution in [0.1, 0.15) is 19.4 Å². The number of amides is 1. The van der Waals surface area contributed by atoms with Gasteiger partial charge < -0.3 is 9.64 Å². The predicted octanol–water partition coefficient (Wildman–Crippen LogP) is 1.44. The van der Waals surface area contributed by atoms with E-state index in [4.69, 9.17) is 22.8 Å². The smallest absolute Gasteiger partial charge is 0.283 e. The molecule has 30 heavy (non-hydrogen) atoms. The van der Waals surface area contributed by atoms with Crippen molar-refractivity contribution in [1.29, 1.82) is 0 Å². The molecule has 0 spiro atoms. The van der Waals surface area contributed by atoms with E-state index in [0.29, 0.717) is 27.2 Å². The number of rotatable bonds is 3. The fourth-order valence-corrected chi connectivity index (χ4v) is 6.00. The number of methoxy groups -OCH3 is 1. The monoisotopic (exact) mass is 460 g/mol. The molecule has 0 radical (unpaired) electrons. The molecule has 1 saturated heterocycles. The summed E-state index contributed by atoms with van der Waals surface area (Å²) in [5, 5.41) is 0.953. The summed E-state index contributed by atoms with van der Waals surface area (Å²) in [4.78, 5) is 28.3. The first-order chi connectivity index (χ1) is 14.4. The summed E-state index contributed by atoms with van der Waals surface area (Å²) in [5.41, 5.74) is 2.70. The highest BCUT2D eigenvalue weighted by Crippen LogP contribution is 2.33. The van der Waals surface area contributed by atoms with Gasteiger partial charge in [0, 0.05) is 24.3 Å². The molecule has 2 aliphatic rings. The highest BCUT2D eigenvalue weighted by atomic mass is 32.2. The highest BCUT2D eigenvalue weighted by Gasteiger charge is 2.32. The van der Waals surface area contributed by atoms with E-state index in [1.807, 2.05) is 44.2 Å². The Labute approximate surface area is 186 Å². The first-order valence-electron chi connectivity index (χ1n) is 9.34. The van der Waals surface area contributed by atoms with Gasteiger partial charge in [0.1, 0.15) is 19.8 Å². The molecule has 0 atom stereocenters. The zero-order valence-electron chi connectivity index (χ0n) is 16.7. The number of ether oxygens (including phenoxy) is 1. The molecule has 156 valence electrons. The van der Waals surface area contributed by atoms with Crippen LogP contribution in [-0.2, 0) is 11.3 Å². The fraction of sp³-hybridized carbons (Fsp3) is 0.250. The van der Waals surface area contributed by atoms with E-state index in [1.54, 1.807) is 11.7 Å². The van der Waals surface area contributed by atoms with Gasteiger partial charge in [-0.1, -0.05) is 18.3 Å². The largest absolute Gasteiger partial charge is 0.497 e. The predicted molar refractivity (Wildman–Crippen MR) is 127 cm³/mol. The lowest BCUT2D eigenvalue weighted by Gasteiger charge is -2.29. The number of fused-ring (bicyclic) bond motifs is 1. The van der Waals surface area contributed by atoms with Crippen LogP contribution in [0, 0.1) is 0 Å². The van der Waals surface area contributed by atoms with Gasteiger partial charge in [-0.2, -0.15) is 0 Å². The Hall–Kier alpha value is -2.40. The zero-order valence-corrected chi connectivity index (χ0v) is 19.1. The highest BCUT2D eigenvalue weighted by molar-refractivity contribution is 8.30. The van der Waals surface area contributed by atoms with Crippen molar-refractivity contribution in [3.8, 4) is 5.75 Å². The lowest BCUT2D eigenvalue weighted by molar-refractivity contribution is -0.120. The van der Waals surface area contributed by atoms with Gasteiger partial charge in [0.2, 0.25) is 0 Å². The van der Waals surface area contributed by atoms with Crippen LogP contribution in [-0.4, -0.2) is 33.5 Å². The maximum absolute atomic E-state index is 13.3. The molecule has 1 aromatic heterocycles. The SMILES string of the molecule is CCN1C(=c2sc(=C3SC(=S)N(N)C3=O)n(CC)c2=O)C=Cc2cc(OC)ccc21. The summed E-state index contributed by atoms with van der Waals surface area (Å²) in [6, 6.07) is 5.86. The average molecular weight is 461 g/mol. The van der Waals surface area contributed by atoms with E-state index in [9.17, 15) is 9.59 Å². The molecule has 0 saturated carbocycles. The summed E-state index contributed by atoms with van der Waals surface area (Å²) >= 11 is 7.57. The number of hydrogen-bond donors (Lipinski definition) is 1. The molecule has 3 heterocycles. The number of nitrogens with zero attached hydrogens (tertiary/aromatic N) is 3. The average Bonchev–Trinajstić information content (AvgIpc) is 3.22. The minimum Gasteiger partial charge on any atom is -0.497 e. The van der Waals surface area contributed by atoms with Crippen molar-refractivity contribution < 1.29 is 9.53 Å². The number of likely N-dealkylation sites (N-methyl/N-ethyl adjacent to an activating group) is 1. The van der Waals surface area contributed by atoms with E-state index >= 15 is 0 Å². The summed E-state index contributed by atoms with van der Waals surface area (Å²) in [6.07, 6.45) is 3.92. The van der Waals surface area contributed by atoms with E-state index < -0.39 is 0 Å². The number of carbonyl (C=O) groups excluding carboxylic acids is 1. The molecule has 1 amide bonds. The molecule has 4 rings (SSSR count). The van der Waals surface area contributed by atoms with Gasteiger partial charge in [0.25, 0.3) is 11.5 Å². The van der Waals surface area contributed by atoms with Crippen molar-refractivity contribution in [3.63, 3.8) is 0 Å². The number of anilines is 1. The van der Waals surface area contributed by atoms with Gasteiger partial charge in [-0.3, -0.25) is 14.2 Å². The van der Waals surface area contributed by atoms with Crippen LogP contribution in [0.4, 0.5) is 5.69 Å². The zero-order chi connectivity index (χ0) is 21.6. The Kier molecular flexibility index (Phi) is 5.58. The summed E-state index contributed by atoms with van der Waals surface area (Å²) in [5.74, 6) is 6.13. The van der Waals surface area contributed by atoms with E-state index in [0.717, 1.165) is 39.5 Å². The molecule has 0 bridgehead atoms. The van der Waals surface area contributed by atoms with E-state index in [-0.39, 0.29) is 15.8 Å². The maximum atomic E-state index is 13.3. The minimum absolute atomic E-state index is 0.130. The van der Waals surface area contributed by atoms with Crippen LogP contribution >= 0.6 is 35.3 Å². The quantitative estimate of drug-likeness (QED) is 0.422. The Balaban J connectivity index is 2.00. The second-order valence-electron chi connectivity index (χ2n) is 6.55. The first-order valence-corrected chi connectivity index (χ1v) is 11.4.